The number of likely N-dealkylation sites (tertiary alicyclic amines) is 1. The van der Waals surface area contributed by atoms with Crippen LogP contribution in [0.2, 0.25) is 0 Å². The molecule has 0 N–H and O–H groups in total. The molecule has 0 bridgehead atoms. The average molecular weight is 197 g/mol. The van der Waals surface area contributed by atoms with Gasteiger partial charge in [-0.1, -0.05) is 0 Å². The van der Waals surface area contributed by atoms with Crippen molar-refractivity contribution in [1.29, 1.82) is 0 Å². The van der Waals surface area contributed by atoms with Crippen molar-refractivity contribution < 1.29 is 9.53 Å². The molecule has 0 spiro atoms. The minimum Gasteiger partial charge on any atom is -0.444 e. The minimum absolute atomic E-state index is 0.136. The van der Waals surface area contributed by atoms with Crippen LogP contribution >= 0.6 is 0 Å². The molecule has 14 heavy (non-hydrogen) atoms. The second-order valence-electron chi connectivity index (χ2n) is 5.47. The van der Waals surface area contributed by atoms with Gasteiger partial charge in [0.1, 0.15) is 5.60 Å². The van der Waals surface area contributed by atoms with Crippen LogP contribution in [0.5, 0.6) is 0 Å². The number of fused-ring (bicyclic) bond motifs is 1. The van der Waals surface area contributed by atoms with Crippen LogP contribution in [-0.2, 0) is 4.74 Å². The molecular formula is C11H19NO2. The first-order valence-electron chi connectivity index (χ1n) is 5.43. The van der Waals surface area contributed by atoms with E-state index in [9.17, 15) is 4.79 Å². The summed E-state index contributed by atoms with van der Waals surface area (Å²) < 4.78 is 5.33. The van der Waals surface area contributed by atoms with Crippen LogP contribution in [0.3, 0.4) is 0 Å². The summed E-state index contributed by atoms with van der Waals surface area (Å²) in [5, 5.41) is 0. The van der Waals surface area contributed by atoms with Crippen LogP contribution in [0.15, 0.2) is 0 Å². The summed E-state index contributed by atoms with van der Waals surface area (Å²) in [6, 6.07) is 0. The molecule has 1 aliphatic carbocycles. The molecule has 1 saturated carbocycles. The van der Waals surface area contributed by atoms with Crippen molar-refractivity contribution in [3.8, 4) is 0 Å². The lowest BCUT2D eigenvalue weighted by atomic mass is 10.1. The van der Waals surface area contributed by atoms with Gasteiger partial charge in [0.05, 0.1) is 0 Å². The quantitative estimate of drug-likeness (QED) is 0.596. The maximum Gasteiger partial charge on any atom is 0.410 e. The molecule has 0 radical (unpaired) electrons. The van der Waals surface area contributed by atoms with E-state index in [1.54, 1.807) is 0 Å². The highest BCUT2D eigenvalue weighted by Gasteiger charge is 2.43. The Morgan fingerprint density at radius 2 is 2.07 bits per heavy atom. The van der Waals surface area contributed by atoms with Gasteiger partial charge in [-0.3, -0.25) is 0 Å². The van der Waals surface area contributed by atoms with Gasteiger partial charge in [0.25, 0.3) is 0 Å². The van der Waals surface area contributed by atoms with Crippen LogP contribution in [0.4, 0.5) is 4.79 Å². The molecule has 0 aromatic heterocycles. The number of carbonyl (C=O) groups excluding carboxylic acids is 1. The van der Waals surface area contributed by atoms with Crippen LogP contribution in [0.1, 0.15) is 33.6 Å². The third-order valence-corrected chi connectivity index (χ3v) is 2.95. The standard InChI is InChI=1S/C11H19NO2/c1-11(2,3)14-10(13)12-5-4-8-6-9(8)7-12/h8-9H,4-7H2,1-3H3. The van der Waals surface area contributed by atoms with Gasteiger partial charge < -0.3 is 9.64 Å². The van der Waals surface area contributed by atoms with E-state index in [1.807, 2.05) is 25.7 Å². The second kappa shape index (κ2) is 3.14. The Morgan fingerprint density at radius 1 is 1.36 bits per heavy atom. The molecule has 1 heterocycles. The largest absolute Gasteiger partial charge is 0.444 e. The van der Waals surface area contributed by atoms with E-state index in [2.05, 4.69) is 0 Å². The SMILES string of the molecule is CC(C)(C)OC(=O)N1CCC2CC2C1. The topological polar surface area (TPSA) is 29.5 Å². The van der Waals surface area contributed by atoms with E-state index in [1.165, 1.54) is 12.8 Å². The molecule has 0 aromatic rings. The van der Waals surface area contributed by atoms with Crippen molar-refractivity contribution in [2.24, 2.45) is 11.8 Å². The van der Waals surface area contributed by atoms with Crippen LogP contribution in [-0.4, -0.2) is 29.7 Å². The molecule has 2 aliphatic rings. The average Bonchev–Trinajstić information content (AvgIpc) is 2.77. The van der Waals surface area contributed by atoms with E-state index < -0.39 is 0 Å². The fourth-order valence-electron chi connectivity index (χ4n) is 2.08. The molecule has 80 valence electrons. The maximum absolute atomic E-state index is 11.7. The fourth-order valence-corrected chi connectivity index (χ4v) is 2.08. The highest BCUT2D eigenvalue weighted by atomic mass is 16.6. The van der Waals surface area contributed by atoms with Crippen molar-refractivity contribution in [3.05, 3.63) is 0 Å². The Bertz CT molecular complexity index is 244. The Balaban J connectivity index is 1.85. The van der Waals surface area contributed by atoms with Gasteiger partial charge in [0.2, 0.25) is 0 Å². The van der Waals surface area contributed by atoms with E-state index in [-0.39, 0.29) is 11.7 Å². The van der Waals surface area contributed by atoms with Crippen LogP contribution < -0.4 is 0 Å². The van der Waals surface area contributed by atoms with Crippen molar-refractivity contribution in [2.45, 2.75) is 39.2 Å². The zero-order chi connectivity index (χ0) is 10.3. The van der Waals surface area contributed by atoms with Crippen molar-refractivity contribution in [2.75, 3.05) is 13.1 Å². The zero-order valence-corrected chi connectivity index (χ0v) is 9.25. The second-order valence-corrected chi connectivity index (χ2v) is 5.47. The molecule has 2 fully saturated rings. The fraction of sp³-hybridized carbons (Fsp3) is 0.909. The smallest absolute Gasteiger partial charge is 0.410 e. The number of hydrogen-bond donors (Lipinski definition) is 0. The van der Waals surface area contributed by atoms with E-state index in [4.69, 9.17) is 4.74 Å². The summed E-state index contributed by atoms with van der Waals surface area (Å²) in [7, 11) is 0. The lowest BCUT2D eigenvalue weighted by Crippen LogP contribution is -2.40. The zero-order valence-electron chi connectivity index (χ0n) is 9.25. The van der Waals surface area contributed by atoms with E-state index in [0.29, 0.717) is 0 Å². The highest BCUT2D eigenvalue weighted by Crippen LogP contribution is 2.44. The van der Waals surface area contributed by atoms with Gasteiger partial charge in [-0.2, -0.15) is 0 Å². The monoisotopic (exact) mass is 197 g/mol. The van der Waals surface area contributed by atoms with Crippen molar-refractivity contribution in [1.82, 2.24) is 4.90 Å². The number of nitrogens with zero attached hydrogens (tertiary/aromatic N) is 1. The molecule has 1 aliphatic heterocycles. The predicted molar refractivity (Wildman–Crippen MR) is 54.0 cm³/mol. The van der Waals surface area contributed by atoms with Crippen LogP contribution in [0, 0.1) is 11.8 Å². The van der Waals surface area contributed by atoms with Gasteiger partial charge in [-0.15, -0.1) is 0 Å². The van der Waals surface area contributed by atoms with Gasteiger partial charge >= 0.3 is 6.09 Å². The predicted octanol–water partition coefficient (Wildman–Crippen LogP) is 2.26. The first-order valence-corrected chi connectivity index (χ1v) is 5.43. The molecule has 2 unspecified atom stereocenters. The molecule has 1 saturated heterocycles. The highest BCUT2D eigenvalue weighted by molar-refractivity contribution is 5.68. The van der Waals surface area contributed by atoms with E-state index >= 15 is 0 Å². The minimum atomic E-state index is -0.364. The Kier molecular flexibility index (Phi) is 2.20. The summed E-state index contributed by atoms with van der Waals surface area (Å²) >= 11 is 0. The maximum atomic E-state index is 11.7. The number of hydrogen-bond acceptors (Lipinski definition) is 2. The number of rotatable bonds is 0. The molecule has 2 atom stereocenters. The van der Waals surface area contributed by atoms with Crippen molar-refractivity contribution >= 4 is 6.09 Å². The molecular weight excluding hydrogens is 178 g/mol. The Hall–Kier alpha value is -0.730. The van der Waals surface area contributed by atoms with E-state index in [0.717, 1.165) is 24.9 Å². The lowest BCUT2D eigenvalue weighted by molar-refractivity contribution is 0.0207. The van der Waals surface area contributed by atoms with Crippen molar-refractivity contribution in [3.63, 3.8) is 0 Å². The molecule has 1 amide bonds. The number of ether oxygens (including phenoxy) is 1. The summed E-state index contributed by atoms with van der Waals surface area (Å²) in [6.07, 6.45) is 2.35. The molecule has 3 nitrogen and oxygen atoms in total. The first-order chi connectivity index (χ1) is 6.46. The van der Waals surface area contributed by atoms with Gasteiger partial charge in [-0.05, 0) is 45.4 Å². The molecule has 2 rings (SSSR count). The Morgan fingerprint density at radius 3 is 2.64 bits per heavy atom. The third kappa shape index (κ3) is 2.20. The number of amides is 1. The Labute approximate surface area is 85.4 Å². The molecule has 3 heteroatoms. The summed E-state index contributed by atoms with van der Waals surface area (Å²) in [4.78, 5) is 13.5. The summed E-state index contributed by atoms with van der Waals surface area (Å²) in [5.74, 6) is 1.69. The van der Waals surface area contributed by atoms with Gasteiger partial charge in [0, 0.05) is 13.1 Å². The van der Waals surface area contributed by atoms with Gasteiger partial charge in [0.15, 0.2) is 0 Å². The summed E-state index contributed by atoms with van der Waals surface area (Å²) in [6.45, 7) is 7.54. The van der Waals surface area contributed by atoms with Crippen LogP contribution in [0.25, 0.3) is 0 Å². The molecule has 0 aromatic carbocycles. The number of carbonyl (C=O) groups is 1. The first kappa shape index (κ1) is 9.81. The normalized spacial score (nSPS) is 30.9. The third-order valence-electron chi connectivity index (χ3n) is 2.95. The lowest BCUT2D eigenvalue weighted by Gasteiger charge is -2.29. The summed E-state index contributed by atoms with van der Waals surface area (Å²) in [5.41, 5.74) is -0.364. The van der Waals surface area contributed by atoms with Gasteiger partial charge in [-0.25, -0.2) is 4.79 Å². The number of piperidine rings is 1.